The lowest BCUT2D eigenvalue weighted by Gasteiger charge is -2.43. The molecule has 0 bridgehead atoms. The van der Waals surface area contributed by atoms with E-state index in [2.05, 4.69) is 30.1 Å². The Bertz CT molecular complexity index is 612. The zero-order chi connectivity index (χ0) is 14.9. The van der Waals surface area contributed by atoms with Crippen LogP contribution in [0.3, 0.4) is 0 Å². The smallest absolute Gasteiger partial charge is 0.0870 e. The van der Waals surface area contributed by atoms with Gasteiger partial charge in [-0.3, -0.25) is 4.98 Å². The summed E-state index contributed by atoms with van der Waals surface area (Å²) in [4.78, 5) is 4.27. The van der Waals surface area contributed by atoms with Gasteiger partial charge in [-0.2, -0.15) is 0 Å². The van der Waals surface area contributed by atoms with Crippen molar-refractivity contribution in [2.45, 2.75) is 44.2 Å². The normalized spacial score (nSPS) is 27.7. The standard InChI is InChI=1S/C18H24N2O/c1-13-6-9-18(21-2,10-7-13)17(19)15-5-3-4-14-8-11-20-12-16(14)15/h3-5,8,11-13,17H,6-7,9-10,19H2,1-2H3. The largest absolute Gasteiger partial charge is 0.376 e. The van der Waals surface area contributed by atoms with Crippen LogP contribution in [0.25, 0.3) is 10.8 Å². The maximum Gasteiger partial charge on any atom is 0.0870 e. The molecule has 21 heavy (non-hydrogen) atoms. The molecular weight excluding hydrogens is 260 g/mol. The Morgan fingerprint density at radius 2 is 2.05 bits per heavy atom. The molecule has 1 unspecified atom stereocenters. The molecule has 0 amide bonds. The molecule has 2 aromatic rings. The first-order valence-electron chi connectivity index (χ1n) is 7.80. The van der Waals surface area contributed by atoms with Gasteiger partial charge in [0.1, 0.15) is 0 Å². The topological polar surface area (TPSA) is 48.1 Å². The summed E-state index contributed by atoms with van der Waals surface area (Å²) >= 11 is 0. The Morgan fingerprint density at radius 3 is 2.76 bits per heavy atom. The Balaban J connectivity index is 2.01. The second kappa shape index (κ2) is 5.74. The summed E-state index contributed by atoms with van der Waals surface area (Å²) in [6, 6.07) is 8.23. The van der Waals surface area contributed by atoms with Crippen LogP contribution in [0.15, 0.2) is 36.7 Å². The first kappa shape index (κ1) is 14.5. The number of methoxy groups -OCH3 is 1. The summed E-state index contributed by atoms with van der Waals surface area (Å²) in [6.45, 7) is 2.31. The maximum absolute atomic E-state index is 6.67. The number of nitrogens with two attached hydrogens (primary N) is 1. The van der Waals surface area contributed by atoms with Crippen molar-refractivity contribution in [3.05, 3.63) is 42.2 Å². The average Bonchev–Trinajstić information content (AvgIpc) is 2.55. The molecule has 2 N–H and O–H groups in total. The summed E-state index contributed by atoms with van der Waals surface area (Å²) < 4.78 is 5.95. The summed E-state index contributed by atoms with van der Waals surface area (Å²) in [7, 11) is 1.80. The lowest BCUT2D eigenvalue weighted by molar-refractivity contribution is -0.0669. The number of nitrogens with zero attached hydrogens (tertiary/aromatic N) is 1. The lowest BCUT2D eigenvalue weighted by atomic mass is 9.73. The minimum atomic E-state index is -0.239. The first-order chi connectivity index (χ1) is 10.2. The van der Waals surface area contributed by atoms with Gasteiger partial charge in [-0.15, -0.1) is 0 Å². The summed E-state index contributed by atoms with van der Waals surface area (Å²) in [5, 5.41) is 2.33. The van der Waals surface area contributed by atoms with Crippen LogP contribution in [-0.2, 0) is 4.74 Å². The number of pyridine rings is 1. The van der Waals surface area contributed by atoms with E-state index < -0.39 is 0 Å². The van der Waals surface area contributed by atoms with E-state index >= 15 is 0 Å². The summed E-state index contributed by atoms with van der Waals surface area (Å²) in [5.74, 6) is 0.773. The van der Waals surface area contributed by atoms with E-state index in [1.165, 1.54) is 18.2 Å². The third kappa shape index (κ3) is 2.56. The fourth-order valence-corrected chi connectivity index (χ4v) is 3.58. The second-order valence-corrected chi connectivity index (χ2v) is 6.37. The predicted molar refractivity (Wildman–Crippen MR) is 86.0 cm³/mol. The molecule has 1 aromatic carbocycles. The Hall–Kier alpha value is -1.45. The van der Waals surface area contributed by atoms with Gasteiger partial charge in [-0.25, -0.2) is 0 Å². The molecule has 0 spiro atoms. The van der Waals surface area contributed by atoms with Gasteiger partial charge in [0, 0.05) is 24.9 Å². The molecule has 3 nitrogen and oxygen atoms in total. The third-order valence-corrected chi connectivity index (χ3v) is 5.15. The zero-order valence-corrected chi connectivity index (χ0v) is 12.9. The maximum atomic E-state index is 6.67. The molecule has 1 heterocycles. The second-order valence-electron chi connectivity index (χ2n) is 6.37. The van der Waals surface area contributed by atoms with E-state index in [0.717, 1.165) is 29.7 Å². The number of hydrogen-bond acceptors (Lipinski definition) is 3. The number of hydrogen-bond donors (Lipinski definition) is 1. The SMILES string of the molecule is COC1(C(N)c2cccc3ccncc23)CCC(C)CC1. The highest BCUT2D eigenvalue weighted by atomic mass is 16.5. The van der Waals surface area contributed by atoms with Gasteiger partial charge in [0.15, 0.2) is 0 Å². The molecule has 1 aliphatic carbocycles. The number of rotatable bonds is 3. The van der Waals surface area contributed by atoms with E-state index in [4.69, 9.17) is 10.5 Å². The molecule has 0 radical (unpaired) electrons. The van der Waals surface area contributed by atoms with E-state index in [-0.39, 0.29) is 11.6 Å². The van der Waals surface area contributed by atoms with Crippen LogP contribution in [0.2, 0.25) is 0 Å². The number of benzene rings is 1. The Morgan fingerprint density at radius 1 is 1.29 bits per heavy atom. The summed E-state index contributed by atoms with van der Waals surface area (Å²) in [6.07, 6.45) is 8.17. The summed E-state index contributed by atoms with van der Waals surface area (Å²) in [5.41, 5.74) is 7.58. The fraction of sp³-hybridized carbons (Fsp3) is 0.500. The van der Waals surface area contributed by atoms with Crippen molar-refractivity contribution >= 4 is 10.8 Å². The van der Waals surface area contributed by atoms with Crippen molar-refractivity contribution in [3.63, 3.8) is 0 Å². The van der Waals surface area contributed by atoms with Crippen LogP contribution in [0.1, 0.15) is 44.2 Å². The Labute approximate surface area is 126 Å². The van der Waals surface area contributed by atoms with Crippen molar-refractivity contribution in [2.24, 2.45) is 11.7 Å². The van der Waals surface area contributed by atoms with Crippen LogP contribution in [0.4, 0.5) is 0 Å². The number of aromatic nitrogens is 1. The van der Waals surface area contributed by atoms with Crippen LogP contribution < -0.4 is 5.73 Å². The zero-order valence-electron chi connectivity index (χ0n) is 12.9. The van der Waals surface area contributed by atoms with E-state index in [9.17, 15) is 0 Å². The molecule has 3 rings (SSSR count). The lowest BCUT2D eigenvalue weighted by Crippen LogP contribution is -2.45. The molecule has 1 saturated carbocycles. The monoisotopic (exact) mass is 284 g/mol. The van der Waals surface area contributed by atoms with E-state index in [1.807, 2.05) is 18.5 Å². The van der Waals surface area contributed by atoms with Crippen molar-refractivity contribution in [2.75, 3.05) is 7.11 Å². The van der Waals surface area contributed by atoms with Crippen molar-refractivity contribution in [1.82, 2.24) is 4.98 Å². The average molecular weight is 284 g/mol. The highest BCUT2D eigenvalue weighted by Crippen LogP contribution is 2.42. The quantitative estimate of drug-likeness (QED) is 0.931. The van der Waals surface area contributed by atoms with Crippen LogP contribution in [0.5, 0.6) is 0 Å². The molecular formula is C18H24N2O. The molecule has 112 valence electrons. The van der Waals surface area contributed by atoms with E-state index in [1.54, 1.807) is 7.11 Å². The molecule has 1 atom stereocenters. The van der Waals surface area contributed by atoms with Gasteiger partial charge in [-0.05, 0) is 48.6 Å². The molecule has 1 aliphatic rings. The minimum Gasteiger partial charge on any atom is -0.376 e. The molecule has 3 heteroatoms. The van der Waals surface area contributed by atoms with Crippen LogP contribution in [0, 0.1) is 5.92 Å². The van der Waals surface area contributed by atoms with Gasteiger partial charge in [0.25, 0.3) is 0 Å². The van der Waals surface area contributed by atoms with Gasteiger partial charge >= 0.3 is 0 Å². The molecule has 1 fully saturated rings. The first-order valence-corrected chi connectivity index (χ1v) is 7.80. The van der Waals surface area contributed by atoms with Gasteiger partial charge < -0.3 is 10.5 Å². The van der Waals surface area contributed by atoms with Crippen molar-refractivity contribution < 1.29 is 4.74 Å². The van der Waals surface area contributed by atoms with Gasteiger partial charge in [0.2, 0.25) is 0 Å². The Kier molecular flexibility index (Phi) is 3.96. The molecule has 0 saturated heterocycles. The van der Waals surface area contributed by atoms with Crippen LogP contribution >= 0.6 is 0 Å². The van der Waals surface area contributed by atoms with Gasteiger partial charge in [-0.1, -0.05) is 25.1 Å². The van der Waals surface area contributed by atoms with E-state index in [0.29, 0.717) is 0 Å². The number of fused-ring (bicyclic) bond motifs is 1. The minimum absolute atomic E-state index is 0.108. The highest BCUT2D eigenvalue weighted by Gasteiger charge is 2.40. The molecule has 0 aliphatic heterocycles. The van der Waals surface area contributed by atoms with Crippen LogP contribution in [-0.4, -0.2) is 17.7 Å². The van der Waals surface area contributed by atoms with Gasteiger partial charge in [0.05, 0.1) is 11.6 Å². The predicted octanol–water partition coefficient (Wildman–Crippen LogP) is 3.83. The highest BCUT2D eigenvalue weighted by molar-refractivity contribution is 5.85. The third-order valence-electron chi connectivity index (χ3n) is 5.15. The fourth-order valence-electron chi connectivity index (χ4n) is 3.58. The molecule has 1 aromatic heterocycles. The van der Waals surface area contributed by atoms with Crippen molar-refractivity contribution in [1.29, 1.82) is 0 Å². The van der Waals surface area contributed by atoms with Crippen molar-refractivity contribution in [3.8, 4) is 0 Å². The number of ether oxygens (including phenoxy) is 1.